The van der Waals surface area contributed by atoms with Crippen molar-refractivity contribution in [1.29, 1.82) is 0 Å². The predicted octanol–water partition coefficient (Wildman–Crippen LogP) is 2.52. The molecule has 138 valence electrons. The fourth-order valence-electron chi connectivity index (χ4n) is 3.75. The van der Waals surface area contributed by atoms with Gasteiger partial charge in [0.1, 0.15) is 0 Å². The molecule has 1 atom stereocenters. The third kappa shape index (κ3) is 3.23. The van der Waals surface area contributed by atoms with Crippen LogP contribution in [0, 0.1) is 6.92 Å². The number of carbonyl (C=O) groups excluding carboxylic acids is 1. The van der Waals surface area contributed by atoms with Crippen LogP contribution in [0.1, 0.15) is 36.9 Å². The van der Waals surface area contributed by atoms with E-state index in [0.29, 0.717) is 32.3 Å². The second kappa shape index (κ2) is 7.00. The van der Waals surface area contributed by atoms with E-state index >= 15 is 0 Å². The Morgan fingerprint density at radius 2 is 1.81 bits per heavy atom. The summed E-state index contributed by atoms with van der Waals surface area (Å²) in [4.78, 5) is 17.5. The highest BCUT2D eigenvalue weighted by molar-refractivity contribution is 7.80. The summed E-state index contributed by atoms with van der Waals surface area (Å²) in [6, 6.07) is 8.57. The fourth-order valence-corrected chi connectivity index (χ4v) is 4.16. The number of carbonyl (C=O) groups is 1. The predicted molar refractivity (Wildman–Crippen MR) is 105 cm³/mol. The van der Waals surface area contributed by atoms with Gasteiger partial charge in [-0.1, -0.05) is 29.8 Å². The molecule has 2 fully saturated rings. The zero-order chi connectivity index (χ0) is 18.3. The Kier molecular flexibility index (Phi) is 4.71. The number of allylic oxidation sites excluding steroid dienone is 1. The molecule has 6 heteroatoms. The quantitative estimate of drug-likeness (QED) is 0.828. The van der Waals surface area contributed by atoms with Crippen LogP contribution < -0.4 is 5.32 Å². The van der Waals surface area contributed by atoms with Crippen molar-refractivity contribution in [3.63, 3.8) is 0 Å². The summed E-state index contributed by atoms with van der Waals surface area (Å²) in [5.74, 6) is 0.0945. The molecule has 1 amide bonds. The zero-order valence-corrected chi connectivity index (χ0v) is 16.1. The van der Waals surface area contributed by atoms with Gasteiger partial charge in [-0.05, 0) is 44.5 Å². The SMILES string of the molecule is CC1=C(C(=O)N2CCOCC2)[C@H](c2ccc(C)cc2)NC(=S)N1C1CC1. The number of morpholine rings is 1. The molecule has 0 bridgehead atoms. The van der Waals surface area contributed by atoms with Crippen LogP contribution >= 0.6 is 12.2 Å². The van der Waals surface area contributed by atoms with E-state index in [1.807, 2.05) is 11.8 Å². The number of ether oxygens (including phenoxy) is 1. The smallest absolute Gasteiger partial charge is 0.254 e. The first-order valence-corrected chi connectivity index (χ1v) is 9.71. The van der Waals surface area contributed by atoms with E-state index in [2.05, 4.69) is 41.4 Å². The number of thiocarbonyl (C=S) groups is 1. The van der Waals surface area contributed by atoms with E-state index in [1.165, 1.54) is 5.56 Å². The van der Waals surface area contributed by atoms with Gasteiger partial charge in [0, 0.05) is 24.8 Å². The lowest BCUT2D eigenvalue weighted by Gasteiger charge is -2.40. The van der Waals surface area contributed by atoms with Crippen LogP contribution in [0.15, 0.2) is 35.5 Å². The number of nitrogens with one attached hydrogen (secondary N) is 1. The molecule has 1 saturated heterocycles. The molecule has 0 radical (unpaired) electrons. The van der Waals surface area contributed by atoms with Crippen molar-refractivity contribution in [2.45, 2.75) is 38.8 Å². The van der Waals surface area contributed by atoms with E-state index in [-0.39, 0.29) is 11.9 Å². The monoisotopic (exact) mass is 371 g/mol. The first-order chi connectivity index (χ1) is 12.6. The minimum absolute atomic E-state index is 0.0945. The van der Waals surface area contributed by atoms with Gasteiger partial charge >= 0.3 is 0 Å². The van der Waals surface area contributed by atoms with Crippen molar-refractivity contribution >= 4 is 23.2 Å². The van der Waals surface area contributed by atoms with E-state index in [9.17, 15) is 4.79 Å². The number of hydrogen-bond acceptors (Lipinski definition) is 3. The van der Waals surface area contributed by atoms with Gasteiger partial charge in [-0.2, -0.15) is 0 Å². The zero-order valence-electron chi connectivity index (χ0n) is 15.3. The van der Waals surface area contributed by atoms with Crippen LogP contribution in [0.2, 0.25) is 0 Å². The Bertz CT molecular complexity index is 749. The fraction of sp³-hybridized carbons (Fsp3) is 0.500. The van der Waals surface area contributed by atoms with Crippen LogP contribution in [0.5, 0.6) is 0 Å². The highest BCUT2D eigenvalue weighted by atomic mass is 32.1. The van der Waals surface area contributed by atoms with Crippen LogP contribution in [0.25, 0.3) is 0 Å². The van der Waals surface area contributed by atoms with E-state index in [4.69, 9.17) is 17.0 Å². The molecule has 2 heterocycles. The third-order valence-electron chi connectivity index (χ3n) is 5.38. The number of benzene rings is 1. The standard InChI is InChI=1S/C20H25N3O2S/c1-13-3-5-15(6-4-13)18-17(19(24)22-9-11-25-12-10-22)14(2)23(16-7-8-16)20(26)21-18/h3-6,16,18H,7-12H2,1-2H3,(H,21,26)/t18-/m0/s1. The average molecular weight is 372 g/mol. The number of amides is 1. The second-order valence-electron chi connectivity index (χ2n) is 7.30. The molecule has 0 spiro atoms. The molecular weight excluding hydrogens is 346 g/mol. The molecule has 26 heavy (non-hydrogen) atoms. The molecule has 1 aliphatic carbocycles. The molecule has 5 nitrogen and oxygen atoms in total. The summed E-state index contributed by atoms with van der Waals surface area (Å²) in [6.07, 6.45) is 2.26. The van der Waals surface area contributed by atoms with Gasteiger partial charge in [-0.25, -0.2) is 0 Å². The van der Waals surface area contributed by atoms with Gasteiger partial charge in [0.2, 0.25) is 0 Å². The summed E-state index contributed by atoms with van der Waals surface area (Å²) >= 11 is 5.66. The van der Waals surface area contributed by atoms with E-state index in [0.717, 1.165) is 34.8 Å². The first-order valence-electron chi connectivity index (χ1n) is 9.30. The summed E-state index contributed by atoms with van der Waals surface area (Å²) < 4.78 is 5.42. The van der Waals surface area contributed by atoms with Crippen LogP contribution in [-0.4, -0.2) is 53.2 Å². The van der Waals surface area contributed by atoms with E-state index in [1.54, 1.807) is 0 Å². The lowest BCUT2D eigenvalue weighted by molar-refractivity contribution is -0.131. The van der Waals surface area contributed by atoms with Crippen LogP contribution in [0.3, 0.4) is 0 Å². The highest BCUT2D eigenvalue weighted by Gasteiger charge is 2.41. The van der Waals surface area contributed by atoms with Gasteiger partial charge in [-0.15, -0.1) is 0 Å². The van der Waals surface area contributed by atoms with Crippen molar-refractivity contribution in [3.8, 4) is 0 Å². The normalized spacial score (nSPS) is 23.9. The first kappa shape index (κ1) is 17.5. The Morgan fingerprint density at radius 1 is 1.15 bits per heavy atom. The van der Waals surface area contributed by atoms with Gasteiger partial charge in [-0.3, -0.25) is 4.79 Å². The molecule has 4 rings (SSSR count). The number of rotatable bonds is 3. The summed E-state index contributed by atoms with van der Waals surface area (Å²) in [6.45, 7) is 6.60. The van der Waals surface area contributed by atoms with Gasteiger partial charge < -0.3 is 19.9 Å². The maximum atomic E-state index is 13.4. The average Bonchev–Trinajstić information content (AvgIpc) is 3.47. The molecule has 2 aliphatic heterocycles. The molecular formula is C20H25N3O2S. The van der Waals surface area contributed by atoms with Crippen molar-refractivity contribution in [1.82, 2.24) is 15.1 Å². The minimum Gasteiger partial charge on any atom is -0.378 e. The molecule has 1 aromatic carbocycles. The minimum atomic E-state index is -0.201. The largest absolute Gasteiger partial charge is 0.378 e. The molecule has 1 saturated carbocycles. The molecule has 0 aromatic heterocycles. The molecule has 3 aliphatic rings. The van der Waals surface area contributed by atoms with E-state index < -0.39 is 0 Å². The number of aryl methyl sites for hydroxylation is 1. The van der Waals surface area contributed by atoms with Crippen LogP contribution in [0.4, 0.5) is 0 Å². The Morgan fingerprint density at radius 3 is 2.42 bits per heavy atom. The topological polar surface area (TPSA) is 44.8 Å². The number of nitrogens with zero attached hydrogens (tertiary/aromatic N) is 2. The number of hydrogen-bond donors (Lipinski definition) is 1. The molecule has 0 unspecified atom stereocenters. The van der Waals surface area contributed by atoms with Crippen molar-refractivity contribution in [2.75, 3.05) is 26.3 Å². The second-order valence-corrected chi connectivity index (χ2v) is 7.68. The maximum Gasteiger partial charge on any atom is 0.254 e. The van der Waals surface area contributed by atoms with Gasteiger partial charge in [0.05, 0.1) is 24.8 Å². The lowest BCUT2D eigenvalue weighted by Crippen LogP contribution is -2.51. The van der Waals surface area contributed by atoms with Crippen molar-refractivity contribution in [3.05, 3.63) is 46.7 Å². The van der Waals surface area contributed by atoms with Crippen LogP contribution in [-0.2, 0) is 9.53 Å². The third-order valence-corrected chi connectivity index (χ3v) is 5.69. The van der Waals surface area contributed by atoms with Gasteiger partial charge in [0.25, 0.3) is 5.91 Å². The molecule has 1 N–H and O–H groups in total. The Balaban J connectivity index is 1.74. The summed E-state index contributed by atoms with van der Waals surface area (Å²) in [5, 5.41) is 4.18. The van der Waals surface area contributed by atoms with Crippen molar-refractivity contribution in [2.24, 2.45) is 0 Å². The summed E-state index contributed by atoms with van der Waals surface area (Å²) in [7, 11) is 0. The molecule has 1 aromatic rings. The highest BCUT2D eigenvalue weighted by Crippen LogP contribution is 2.38. The lowest BCUT2D eigenvalue weighted by atomic mass is 9.93. The Labute approximate surface area is 160 Å². The van der Waals surface area contributed by atoms with Gasteiger partial charge in [0.15, 0.2) is 5.11 Å². The maximum absolute atomic E-state index is 13.4. The Hall–Kier alpha value is -1.92. The van der Waals surface area contributed by atoms with Crippen molar-refractivity contribution < 1.29 is 9.53 Å². The summed E-state index contributed by atoms with van der Waals surface area (Å²) in [5.41, 5.74) is 4.09.